The fourth-order valence-electron chi connectivity index (χ4n) is 3.17. The van der Waals surface area contributed by atoms with Crippen molar-refractivity contribution in [2.75, 3.05) is 0 Å². The van der Waals surface area contributed by atoms with Gasteiger partial charge in [-0.3, -0.25) is 0 Å². The van der Waals surface area contributed by atoms with E-state index < -0.39 is 36.7 Å². The Labute approximate surface area is 131 Å². The minimum atomic E-state index is -1.16. The van der Waals surface area contributed by atoms with E-state index in [0.717, 1.165) is 19.3 Å². The van der Waals surface area contributed by atoms with Gasteiger partial charge < -0.3 is 42.6 Å². The summed E-state index contributed by atoms with van der Waals surface area (Å²) in [6.45, 7) is 2.00. The highest BCUT2D eigenvalue weighted by atomic mass is 16.7. The average Bonchev–Trinajstić information content (AvgIpc) is 2.50. The molecule has 0 radical (unpaired) electrons. The van der Waals surface area contributed by atoms with Crippen LogP contribution in [0.15, 0.2) is 0 Å². The number of rotatable bonds is 4. The largest absolute Gasteiger partial charge is 0.389 e. The third-order valence-corrected chi connectivity index (χ3v) is 4.77. The predicted molar refractivity (Wildman–Crippen MR) is 81.6 cm³/mol. The molecule has 1 heterocycles. The fraction of sp³-hybridized carbons (Fsp3) is 1.00. The van der Waals surface area contributed by atoms with E-state index >= 15 is 0 Å². The van der Waals surface area contributed by atoms with Crippen LogP contribution in [0.2, 0.25) is 0 Å². The molecule has 0 aromatic rings. The lowest BCUT2D eigenvalue weighted by Crippen LogP contribution is -2.64. The summed E-state index contributed by atoms with van der Waals surface area (Å²) in [6.07, 6.45) is -1.14. The van der Waals surface area contributed by atoms with Crippen molar-refractivity contribution in [2.24, 2.45) is 22.9 Å². The van der Waals surface area contributed by atoms with Gasteiger partial charge in [-0.15, -0.1) is 0 Å². The molecule has 9 atom stereocenters. The number of aliphatic hydroxyl groups excluding tert-OH is 2. The van der Waals surface area contributed by atoms with Crippen molar-refractivity contribution in [2.45, 2.75) is 87.5 Å². The molecule has 1 saturated heterocycles. The standard InChI is InChI=1S/C14H30N4O4/c1-2-6(15)10-4-3-7(16)14(21-10)22-13-9(18)5-8(17)11(19)12(13)20/h6-14,19-20H,2-5,15-18H2,1H3/t6-,7-,8+,9-,10-,11-,12+,13+,14+/m0/s1. The van der Waals surface area contributed by atoms with Gasteiger partial charge in [0.05, 0.1) is 18.2 Å². The first-order valence-electron chi connectivity index (χ1n) is 8.04. The molecule has 0 spiro atoms. The van der Waals surface area contributed by atoms with E-state index in [1.165, 1.54) is 0 Å². The minimum Gasteiger partial charge on any atom is -0.389 e. The Bertz CT molecular complexity index is 362. The smallest absolute Gasteiger partial charge is 0.173 e. The van der Waals surface area contributed by atoms with Crippen LogP contribution in [0.3, 0.4) is 0 Å². The van der Waals surface area contributed by atoms with Crippen LogP contribution in [-0.4, -0.2) is 65.1 Å². The summed E-state index contributed by atoms with van der Waals surface area (Å²) in [5.41, 5.74) is 23.8. The summed E-state index contributed by atoms with van der Waals surface area (Å²) < 4.78 is 11.7. The van der Waals surface area contributed by atoms with Gasteiger partial charge >= 0.3 is 0 Å². The second kappa shape index (κ2) is 7.50. The maximum atomic E-state index is 10.2. The zero-order valence-corrected chi connectivity index (χ0v) is 13.0. The highest BCUT2D eigenvalue weighted by molar-refractivity contribution is 4.98. The molecule has 22 heavy (non-hydrogen) atoms. The summed E-state index contributed by atoms with van der Waals surface area (Å²) in [6, 6.07) is -1.44. The summed E-state index contributed by atoms with van der Waals surface area (Å²) in [4.78, 5) is 0. The van der Waals surface area contributed by atoms with Gasteiger partial charge in [0.25, 0.3) is 0 Å². The summed E-state index contributed by atoms with van der Waals surface area (Å²) in [5, 5.41) is 20.1. The van der Waals surface area contributed by atoms with Gasteiger partial charge in [0.1, 0.15) is 12.2 Å². The monoisotopic (exact) mass is 318 g/mol. The predicted octanol–water partition coefficient (Wildman–Crippen LogP) is -2.28. The Hall–Kier alpha value is -0.320. The molecular formula is C14H30N4O4. The van der Waals surface area contributed by atoms with Gasteiger partial charge in [0.15, 0.2) is 6.29 Å². The highest BCUT2D eigenvalue weighted by Crippen LogP contribution is 2.27. The van der Waals surface area contributed by atoms with Crippen LogP contribution in [0.4, 0.5) is 0 Å². The van der Waals surface area contributed by atoms with Crippen molar-refractivity contribution >= 4 is 0 Å². The van der Waals surface area contributed by atoms with Crippen molar-refractivity contribution in [1.29, 1.82) is 0 Å². The first-order valence-corrected chi connectivity index (χ1v) is 8.04. The molecule has 0 aromatic carbocycles. The molecule has 2 fully saturated rings. The molecule has 0 bridgehead atoms. The number of aliphatic hydroxyl groups is 2. The van der Waals surface area contributed by atoms with E-state index in [1.807, 2.05) is 6.92 Å². The quantitative estimate of drug-likeness (QED) is 0.337. The van der Waals surface area contributed by atoms with E-state index in [0.29, 0.717) is 6.42 Å². The number of ether oxygens (including phenoxy) is 2. The zero-order chi connectivity index (χ0) is 16.4. The maximum Gasteiger partial charge on any atom is 0.173 e. The van der Waals surface area contributed by atoms with Crippen molar-refractivity contribution in [3.63, 3.8) is 0 Å². The summed E-state index contributed by atoms with van der Waals surface area (Å²) in [7, 11) is 0. The van der Waals surface area contributed by atoms with Gasteiger partial charge in [-0.05, 0) is 25.7 Å². The summed E-state index contributed by atoms with van der Waals surface area (Å²) in [5.74, 6) is 0. The SMILES string of the molecule is CC[C@H](N)[C@@H]1CC[C@H](N)[C@@H](O[C@H]2[C@H](O)[C@@H](O)[C@H](N)C[C@@H]2N)O1. The lowest BCUT2D eigenvalue weighted by atomic mass is 9.84. The molecule has 8 nitrogen and oxygen atoms in total. The van der Waals surface area contributed by atoms with E-state index in [-0.39, 0.29) is 18.2 Å². The highest BCUT2D eigenvalue weighted by Gasteiger charge is 2.44. The lowest BCUT2D eigenvalue weighted by Gasteiger charge is -2.44. The van der Waals surface area contributed by atoms with Gasteiger partial charge in [0, 0.05) is 18.1 Å². The van der Waals surface area contributed by atoms with Crippen molar-refractivity contribution in [3.8, 4) is 0 Å². The molecule has 8 heteroatoms. The van der Waals surface area contributed by atoms with Crippen LogP contribution in [-0.2, 0) is 9.47 Å². The van der Waals surface area contributed by atoms with Gasteiger partial charge in [-0.1, -0.05) is 6.92 Å². The van der Waals surface area contributed by atoms with Crippen LogP contribution in [0.25, 0.3) is 0 Å². The molecule has 1 saturated carbocycles. The average molecular weight is 318 g/mol. The first kappa shape index (κ1) is 18.0. The van der Waals surface area contributed by atoms with Crippen LogP contribution in [0, 0.1) is 0 Å². The first-order chi connectivity index (χ1) is 10.3. The molecule has 1 aliphatic heterocycles. The molecule has 10 N–H and O–H groups in total. The maximum absolute atomic E-state index is 10.2. The Kier molecular flexibility index (Phi) is 6.14. The summed E-state index contributed by atoms with van der Waals surface area (Å²) >= 11 is 0. The van der Waals surface area contributed by atoms with E-state index in [1.54, 1.807) is 0 Å². The number of hydrogen-bond acceptors (Lipinski definition) is 8. The van der Waals surface area contributed by atoms with Crippen LogP contribution in [0.1, 0.15) is 32.6 Å². The Morgan fingerprint density at radius 3 is 2.41 bits per heavy atom. The Balaban J connectivity index is 2.01. The normalized spacial score (nSPS) is 48.1. The van der Waals surface area contributed by atoms with Gasteiger partial charge in [-0.25, -0.2) is 0 Å². The molecule has 1 aliphatic carbocycles. The topological polar surface area (TPSA) is 163 Å². The van der Waals surface area contributed by atoms with Crippen molar-refractivity contribution < 1.29 is 19.7 Å². The van der Waals surface area contributed by atoms with E-state index in [2.05, 4.69) is 0 Å². The molecule has 2 aliphatic rings. The van der Waals surface area contributed by atoms with E-state index in [4.69, 9.17) is 32.4 Å². The third kappa shape index (κ3) is 3.77. The fourth-order valence-corrected chi connectivity index (χ4v) is 3.17. The molecular weight excluding hydrogens is 288 g/mol. The van der Waals surface area contributed by atoms with E-state index in [9.17, 15) is 10.2 Å². The lowest BCUT2D eigenvalue weighted by molar-refractivity contribution is -0.256. The Morgan fingerprint density at radius 2 is 1.77 bits per heavy atom. The van der Waals surface area contributed by atoms with Crippen molar-refractivity contribution in [3.05, 3.63) is 0 Å². The molecule has 0 aromatic heterocycles. The molecule has 130 valence electrons. The zero-order valence-electron chi connectivity index (χ0n) is 13.0. The van der Waals surface area contributed by atoms with Crippen molar-refractivity contribution in [1.82, 2.24) is 0 Å². The van der Waals surface area contributed by atoms with Crippen LogP contribution >= 0.6 is 0 Å². The second-order valence-electron chi connectivity index (χ2n) is 6.50. The van der Waals surface area contributed by atoms with Crippen LogP contribution in [0.5, 0.6) is 0 Å². The van der Waals surface area contributed by atoms with Gasteiger partial charge in [0.2, 0.25) is 0 Å². The van der Waals surface area contributed by atoms with Crippen LogP contribution < -0.4 is 22.9 Å². The third-order valence-electron chi connectivity index (χ3n) is 4.77. The number of nitrogens with two attached hydrogens (primary N) is 4. The van der Waals surface area contributed by atoms with Gasteiger partial charge in [-0.2, -0.15) is 0 Å². The molecule has 0 unspecified atom stereocenters. The molecule has 0 amide bonds. The second-order valence-corrected chi connectivity index (χ2v) is 6.50. The number of hydrogen-bond donors (Lipinski definition) is 6. The Morgan fingerprint density at radius 1 is 1.09 bits per heavy atom. The minimum absolute atomic E-state index is 0.0810. The molecule has 2 rings (SSSR count).